The SMILES string of the molecule is CCOC1(c2nc(COC)c(CN)s2)CCCC1. The minimum absolute atomic E-state index is 0.157. The Hall–Kier alpha value is -0.490. The molecule has 0 atom stereocenters. The number of hydrogen-bond acceptors (Lipinski definition) is 5. The van der Waals surface area contributed by atoms with E-state index in [2.05, 4.69) is 0 Å². The second kappa shape index (κ2) is 6.10. The Labute approximate surface area is 113 Å². The molecular formula is C13H22N2O2S. The van der Waals surface area contributed by atoms with Gasteiger partial charge in [0.15, 0.2) is 0 Å². The van der Waals surface area contributed by atoms with Crippen LogP contribution in [0, 0.1) is 0 Å². The van der Waals surface area contributed by atoms with Crippen molar-refractivity contribution in [1.29, 1.82) is 0 Å². The molecule has 102 valence electrons. The van der Waals surface area contributed by atoms with Crippen LogP contribution in [0.5, 0.6) is 0 Å². The highest BCUT2D eigenvalue weighted by atomic mass is 32.1. The molecule has 18 heavy (non-hydrogen) atoms. The molecule has 1 saturated carbocycles. The van der Waals surface area contributed by atoms with Crippen molar-refractivity contribution in [2.24, 2.45) is 5.73 Å². The highest BCUT2D eigenvalue weighted by Crippen LogP contribution is 2.44. The van der Waals surface area contributed by atoms with Crippen molar-refractivity contribution in [2.75, 3.05) is 13.7 Å². The van der Waals surface area contributed by atoms with Crippen molar-refractivity contribution in [2.45, 2.75) is 51.4 Å². The molecule has 0 aliphatic heterocycles. The highest BCUT2D eigenvalue weighted by Gasteiger charge is 2.39. The number of nitrogens with two attached hydrogens (primary N) is 1. The maximum absolute atomic E-state index is 6.03. The van der Waals surface area contributed by atoms with E-state index in [1.54, 1.807) is 18.4 Å². The van der Waals surface area contributed by atoms with Gasteiger partial charge in [-0.1, -0.05) is 12.8 Å². The summed E-state index contributed by atoms with van der Waals surface area (Å²) in [5.41, 5.74) is 6.60. The summed E-state index contributed by atoms with van der Waals surface area (Å²) in [7, 11) is 1.69. The smallest absolute Gasteiger partial charge is 0.125 e. The molecule has 1 aliphatic carbocycles. The summed E-state index contributed by atoms with van der Waals surface area (Å²) in [4.78, 5) is 5.86. The first-order valence-electron chi connectivity index (χ1n) is 6.57. The molecule has 0 radical (unpaired) electrons. The van der Waals surface area contributed by atoms with Crippen LogP contribution in [0.25, 0.3) is 0 Å². The number of aromatic nitrogens is 1. The zero-order chi connectivity index (χ0) is 13.0. The Kier molecular flexibility index (Phi) is 4.72. The molecule has 0 bridgehead atoms. The van der Waals surface area contributed by atoms with Gasteiger partial charge in [0.1, 0.15) is 10.6 Å². The van der Waals surface area contributed by atoms with E-state index in [0.29, 0.717) is 13.2 Å². The molecule has 0 spiro atoms. The number of methoxy groups -OCH3 is 1. The summed E-state index contributed by atoms with van der Waals surface area (Å²) in [6.07, 6.45) is 4.59. The minimum Gasteiger partial charge on any atom is -0.378 e. The lowest BCUT2D eigenvalue weighted by atomic mass is 10.0. The fourth-order valence-electron chi connectivity index (χ4n) is 2.63. The first-order chi connectivity index (χ1) is 8.75. The molecule has 5 heteroatoms. The van der Waals surface area contributed by atoms with Crippen molar-refractivity contribution in [1.82, 2.24) is 4.98 Å². The van der Waals surface area contributed by atoms with Crippen molar-refractivity contribution in [3.8, 4) is 0 Å². The number of ether oxygens (including phenoxy) is 2. The van der Waals surface area contributed by atoms with Crippen LogP contribution in [-0.2, 0) is 28.2 Å². The van der Waals surface area contributed by atoms with Gasteiger partial charge in [-0.25, -0.2) is 4.98 Å². The average molecular weight is 270 g/mol. The van der Waals surface area contributed by atoms with Crippen molar-refractivity contribution in [3.05, 3.63) is 15.6 Å². The molecule has 0 amide bonds. The second-order valence-corrected chi connectivity index (χ2v) is 5.74. The van der Waals surface area contributed by atoms with Crippen LogP contribution in [0.1, 0.15) is 48.2 Å². The van der Waals surface area contributed by atoms with E-state index < -0.39 is 0 Å². The first kappa shape index (κ1) is 13.9. The van der Waals surface area contributed by atoms with E-state index in [-0.39, 0.29) is 5.60 Å². The maximum atomic E-state index is 6.03. The Bertz CT molecular complexity index is 386. The van der Waals surface area contributed by atoms with Crippen LogP contribution < -0.4 is 5.73 Å². The molecule has 1 fully saturated rings. The van der Waals surface area contributed by atoms with Crippen molar-refractivity contribution in [3.63, 3.8) is 0 Å². The Morgan fingerprint density at radius 1 is 1.39 bits per heavy atom. The van der Waals surface area contributed by atoms with Crippen molar-refractivity contribution >= 4 is 11.3 Å². The zero-order valence-electron chi connectivity index (χ0n) is 11.2. The van der Waals surface area contributed by atoms with Gasteiger partial charge in [0.25, 0.3) is 0 Å². The van der Waals surface area contributed by atoms with E-state index >= 15 is 0 Å². The van der Waals surface area contributed by atoms with Crippen LogP contribution in [0.4, 0.5) is 0 Å². The summed E-state index contributed by atoms with van der Waals surface area (Å²) >= 11 is 1.69. The predicted molar refractivity (Wildman–Crippen MR) is 72.5 cm³/mol. The zero-order valence-corrected chi connectivity index (χ0v) is 12.0. The van der Waals surface area contributed by atoms with Crippen LogP contribution in [0.15, 0.2) is 0 Å². The summed E-state index contributed by atoms with van der Waals surface area (Å²) in [5, 5.41) is 1.09. The molecule has 0 unspecified atom stereocenters. The largest absolute Gasteiger partial charge is 0.378 e. The molecule has 2 N–H and O–H groups in total. The Balaban J connectivity index is 2.30. The van der Waals surface area contributed by atoms with Gasteiger partial charge in [0, 0.05) is 25.1 Å². The molecule has 0 saturated heterocycles. The average Bonchev–Trinajstić information content (AvgIpc) is 2.97. The van der Waals surface area contributed by atoms with Crippen LogP contribution >= 0.6 is 11.3 Å². The van der Waals surface area contributed by atoms with E-state index in [0.717, 1.165) is 35.0 Å². The van der Waals surface area contributed by atoms with Crippen LogP contribution in [0.2, 0.25) is 0 Å². The lowest BCUT2D eigenvalue weighted by Crippen LogP contribution is -2.26. The molecule has 1 aliphatic rings. The number of hydrogen-bond donors (Lipinski definition) is 1. The van der Waals surface area contributed by atoms with E-state index in [1.165, 1.54) is 12.8 Å². The lowest BCUT2D eigenvalue weighted by Gasteiger charge is -2.26. The normalized spacial score (nSPS) is 18.4. The summed E-state index contributed by atoms with van der Waals surface area (Å²) in [6, 6.07) is 0. The molecular weight excluding hydrogens is 248 g/mol. The van der Waals surface area contributed by atoms with Gasteiger partial charge in [-0.15, -0.1) is 11.3 Å². The van der Waals surface area contributed by atoms with Gasteiger partial charge in [-0.3, -0.25) is 0 Å². The van der Waals surface area contributed by atoms with E-state index in [9.17, 15) is 0 Å². The lowest BCUT2D eigenvalue weighted by molar-refractivity contribution is -0.0393. The monoisotopic (exact) mass is 270 g/mol. The first-order valence-corrected chi connectivity index (χ1v) is 7.39. The summed E-state index contributed by atoms with van der Waals surface area (Å²) < 4.78 is 11.2. The predicted octanol–water partition coefficient (Wildman–Crippen LogP) is 2.55. The van der Waals surface area contributed by atoms with Gasteiger partial charge >= 0.3 is 0 Å². The van der Waals surface area contributed by atoms with Crippen LogP contribution in [-0.4, -0.2) is 18.7 Å². The van der Waals surface area contributed by atoms with Gasteiger partial charge in [0.05, 0.1) is 12.3 Å². The van der Waals surface area contributed by atoms with E-state index in [1.807, 2.05) is 6.92 Å². The molecule has 1 heterocycles. The van der Waals surface area contributed by atoms with E-state index in [4.69, 9.17) is 20.2 Å². The van der Waals surface area contributed by atoms with Gasteiger partial charge < -0.3 is 15.2 Å². The molecule has 4 nitrogen and oxygen atoms in total. The fourth-order valence-corrected chi connectivity index (χ4v) is 3.77. The highest BCUT2D eigenvalue weighted by molar-refractivity contribution is 7.11. The third-order valence-electron chi connectivity index (χ3n) is 3.47. The van der Waals surface area contributed by atoms with Crippen LogP contribution in [0.3, 0.4) is 0 Å². The maximum Gasteiger partial charge on any atom is 0.125 e. The minimum atomic E-state index is -0.157. The number of thiazole rings is 1. The third kappa shape index (κ3) is 2.59. The summed E-state index contributed by atoms with van der Waals surface area (Å²) in [6.45, 7) is 3.84. The van der Waals surface area contributed by atoms with Gasteiger partial charge in [0.2, 0.25) is 0 Å². The molecule has 0 aromatic carbocycles. The molecule has 1 aromatic heterocycles. The molecule has 1 aromatic rings. The van der Waals surface area contributed by atoms with Crippen molar-refractivity contribution < 1.29 is 9.47 Å². The number of rotatable bonds is 6. The van der Waals surface area contributed by atoms with Gasteiger partial charge in [-0.05, 0) is 19.8 Å². The number of nitrogens with zero attached hydrogens (tertiary/aromatic N) is 1. The Morgan fingerprint density at radius 2 is 2.11 bits per heavy atom. The summed E-state index contributed by atoms with van der Waals surface area (Å²) in [5.74, 6) is 0. The molecule has 2 rings (SSSR count). The Morgan fingerprint density at radius 3 is 2.67 bits per heavy atom. The van der Waals surface area contributed by atoms with Gasteiger partial charge in [-0.2, -0.15) is 0 Å². The second-order valence-electron chi connectivity index (χ2n) is 4.66. The topological polar surface area (TPSA) is 57.4 Å². The fraction of sp³-hybridized carbons (Fsp3) is 0.769. The quantitative estimate of drug-likeness (QED) is 0.863. The standard InChI is InChI=1S/C13H22N2O2S/c1-3-17-13(6-4-5-7-13)12-15-10(9-16-2)11(8-14)18-12/h3-9,14H2,1-2H3. The third-order valence-corrected chi connectivity index (χ3v) is 4.77.